The molecule has 12 heavy (non-hydrogen) atoms. The van der Waals surface area contributed by atoms with Crippen LogP contribution in [0.1, 0.15) is 0 Å². The van der Waals surface area contributed by atoms with Crippen LogP contribution < -0.4 is 7.72 Å². The van der Waals surface area contributed by atoms with Crippen LogP contribution in [0.25, 0.3) is 9.84 Å². The molecular weight excluding hydrogens is 290 g/mol. The Bertz CT molecular complexity index is 402. The average Bonchev–Trinajstić information content (AvgIpc) is 2.46. The SMILES string of the molecule is O=[Se]([O-])c1[o+]c2ccccc2[se]1. The van der Waals surface area contributed by atoms with E-state index >= 15 is 0 Å². The summed E-state index contributed by atoms with van der Waals surface area (Å²) in [6.45, 7) is 0. The Hall–Kier alpha value is -0.311. The predicted molar refractivity (Wildman–Crippen MR) is 43.6 cm³/mol. The second-order valence-corrected chi connectivity index (χ2v) is 7.34. The number of hydrogen-bond donors (Lipinski definition) is 0. The van der Waals surface area contributed by atoms with Crippen molar-refractivity contribution in [2.75, 3.05) is 0 Å². The first kappa shape index (κ1) is 8.29. The van der Waals surface area contributed by atoms with Crippen LogP contribution in [0.15, 0.2) is 28.7 Å². The van der Waals surface area contributed by atoms with Crippen LogP contribution in [-0.4, -0.2) is 28.7 Å². The van der Waals surface area contributed by atoms with Gasteiger partial charge >= 0.3 is 78.7 Å². The van der Waals surface area contributed by atoms with Crippen molar-refractivity contribution in [2.45, 2.75) is 0 Å². The molecule has 5 heteroatoms. The van der Waals surface area contributed by atoms with E-state index in [1.54, 1.807) is 6.07 Å². The summed E-state index contributed by atoms with van der Waals surface area (Å²) >= 11 is -3.20. The van der Waals surface area contributed by atoms with E-state index in [0.717, 1.165) is 4.26 Å². The van der Waals surface area contributed by atoms with Crippen LogP contribution in [0.2, 0.25) is 0 Å². The van der Waals surface area contributed by atoms with Crippen LogP contribution in [0, 0.1) is 0 Å². The molecule has 0 N–H and O–H groups in total. The monoisotopic (exact) mass is 296 g/mol. The number of fused-ring (bicyclic) bond motifs is 1. The fraction of sp³-hybridized carbons (Fsp3) is 0. The van der Waals surface area contributed by atoms with E-state index in [-0.39, 0.29) is 18.0 Å². The first-order valence-electron chi connectivity index (χ1n) is 3.18. The zero-order valence-electron chi connectivity index (χ0n) is 5.85. The van der Waals surface area contributed by atoms with Crippen molar-refractivity contribution in [3.8, 4) is 0 Å². The van der Waals surface area contributed by atoms with E-state index in [1.165, 1.54) is 0 Å². The van der Waals surface area contributed by atoms with Gasteiger partial charge in [-0.25, -0.2) is 0 Å². The Morgan fingerprint density at radius 2 is 2.17 bits per heavy atom. The molecule has 1 heterocycles. The third-order valence-electron chi connectivity index (χ3n) is 1.37. The second kappa shape index (κ2) is 3.21. The van der Waals surface area contributed by atoms with Gasteiger partial charge in [0.2, 0.25) is 0 Å². The molecule has 1 unspecified atom stereocenters. The van der Waals surface area contributed by atoms with Crippen LogP contribution in [0.5, 0.6) is 0 Å². The van der Waals surface area contributed by atoms with Crippen molar-refractivity contribution in [1.29, 1.82) is 0 Å². The van der Waals surface area contributed by atoms with Gasteiger partial charge in [-0.15, -0.1) is 0 Å². The van der Waals surface area contributed by atoms with Gasteiger partial charge in [0.25, 0.3) is 0 Å². The summed E-state index contributed by atoms with van der Waals surface area (Å²) in [5.41, 5.74) is 0.702. The van der Waals surface area contributed by atoms with Crippen molar-refractivity contribution < 1.29 is 12.4 Å². The molecular formula is C7H4O3Se2. The zero-order valence-corrected chi connectivity index (χ0v) is 9.28. The standard InChI is InChI=1S/C7H4O3Se2/c8-12(9)7-10-5-3-1-2-4-6(5)11-7/h1-4H. The maximum absolute atomic E-state index is 10.6. The minimum atomic E-state index is -3.06. The molecule has 1 aromatic heterocycles. The fourth-order valence-electron chi connectivity index (χ4n) is 0.887. The average molecular weight is 294 g/mol. The van der Waals surface area contributed by atoms with E-state index in [9.17, 15) is 8.02 Å². The summed E-state index contributed by atoms with van der Waals surface area (Å²) in [6, 6.07) is 7.41. The summed E-state index contributed by atoms with van der Waals surface area (Å²) in [7, 11) is 0. The van der Waals surface area contributed by atoms with Crippen molar-refractivity contribution in [3.05, 3.63) is 24.3 Å². The number of hydrogen-bond acceptors (Lipinski definition) is 2. The molecule has 0 saturated carbocycles. The van der Waals surface area contributed by atoms with Crippen molar-refractivity contribution in [2.24, 2.45) is 0 Å². The number of para-hydroxylation sites is 1. The molecule has 3 nitrogen and oxygen atoms in total. The van der Waals surface area contributed by atoms with E-state index in [1.807, 2.05) is 18.2 Å². The van der Waals surface area contributed by atoms with E-state index < -0.39 is 14.2 Å². The van der Waals surface area contributed by atoms with Crippen LogP contribution in [0.3, 0.4) is 0 Å². The van der Waals surface area contributed by atoms with E-state index in [4.69, 9.17) is 4.42 Å². The molecule has 0 aliphatic heterocycles. The molecule has 0 radical (unpaired) electrons. The molecule has 62 valence electrons. The molecule has 1 aromatic carbocycles. The van der Waals surface area contributed by atoms with Gasteiger partial charge in [0.1, 0.15) is 0 Å². The summed E-state index contributed by atoms with van der Waals surface area (Å²) in [6.07, 6.45) is 0. The third kappa shape index (κ3) is 1.42. The molecule has 0 amide bonds. The molecule has 1 atom stereocenters. The van der Waals surface area contributed by atoms with Gasteiger partial charge in [-0.3, -0.25) is 0 Å². The van der Waals surface area contributed by atoms with Crippen LogP contribution in [0.4, 0.5) is 0 Å². The summed E-state index contributed by atoms with van der Waals surface area (Å²) < 4.78 is 27.7. The maximum atomic E-state index is 10.6. The minimum absolute atomic E-state index is 0.134. The Labute approximate surface area is 78.8 Å². The Morgan fingerprint density at radius 1 is 1.42 bits per heavy atom. The topological polar surface area (TPSA) is 51.4 Å². The molecule has 0 bridgehead atoms. The molecule has 0 aliphatic carbocycles. The van der Waals surface area contributed by atoms with Crippen molar-refractivity contribution in [3.63, 3.8) is 0 Å². The molecule has 2 aromatic rings. The first-order valence-corrected chi connectivity index (χ1v) is 7.15. The van der Waals surface area contributed by atoms with Gasteiger partial charge < -0.3 is 0 Å². The Morgan fingerprint density at radius 3 is 2.83 bits per heavy atom. The second-order valence-electron chi connectivity index (χ2n) is 2.14. The summed E-state index contributed by atoms with van der Waals surface area (Å²) in [5.74, 6) is 0. The quantitative estimate of drug-likeness (QED) is 0.514. The molecule has 0 fully saturated rings. The Kier molecular flexibility index (Phi) is 2.22. The number of rotatable bonds is 1. The molecule has 0 spiro atoms. The van der Waals surface area contributed by atoms with Gasteiger partial charge in [0, 0.05) is 0 Å². The summed E-state index contributed by atoms with van der Waals surface area (Å²) in [4.78, 5) is 0. The predicted octanol–water partition coefficient (Wildman–Crippen LogP) is -0.743. The van der Waals surface area contributed by atoms with Gasteiger partial charge in [-0.1, -0.05) is 0 Å². The number of benzene rings is 1. The van der Waals surface area contributed by atoms with Gasteiger partial charge in [0.15, 0.2) is 0 Å². The van der Waals surface area contributed by atoms with Crippen LogP contribution in [-0.2, 0) is 3.83 Å². The third-order valence-corrected chi connectivity index (χ3v) is 6.20. The van der Waals surface area contributed by atoms with E-state index in [2.05, 4.69) is 0 Å². The zero-order chi connectivity index (χ0) is 8.55. The van der Waals surface area contributed by atoms with Gasteiger partial charge in [0.05, 0.1) is 0 Å². The molecule has 0 aliphatic rings. The molecule has 2 rings (SSSR count). The fourth-order valence-corrected chi connectivity index (χ4v) is 4.48. The first-order chi connectivity index (χ1) is 5.77. The molecule has 0 saturated heterocycles. The van der Waals surface area contributed by atoms with Crippen molar-refractivity contribution >= 4 is 42.0 Å². The van der Waals surface area contributed by atoms with Crippen molar-refractivity contribution in [1.82, 2.24) is 0 Å². The Balaban J connectivity index is 2.70. The van der Waals surface area contributed by atoms with E-state index in [0.29, 0.717) is 5.58 Å². The van der Waals surface area contributed by atoms with Gasteiger partial charge in [-0.05, 0) is 0 Å². The van der Waals surface area contributed by atoms with Crippen LogP contribution >= 0.6 is 0 Å². The summed E-state index contributed by atoms with van der Waals surface area (Å²) in [5, 5.41) is 0. The van der Waals surface area contributed by atoms with Gasteiger partial charge in [-0.2, -0.15) is 0 Å². The normalized spacial score (nSPS) is 13.4.